The first kappa shape index (κ1) is 24.4. The summed E-state index contributed by atoms with van der Waals surface area (Å²) >= 11 is 0. The molecule has 1 saturated heterocycles. The van der Waals surface area contributed by atoms with Gasteiger partial charge in [-0.15, -0.1) is 0 Å². The Morgan fingerprint density at radius 1 is 1.03 bits per heavy atom. The number of carbonyl (C=O) groups excluding carboxylic acids is 2. The Labute approximate surface area is 197 Å². The summed E-state index contributed by atoms with van der Waals surface area (Å²) in [5, 5.41) is 4.31. The van der Waals surface area contributed by atoms with Crippen molar-refractivity contribution in [3.8, 4) is 0 Å². The second-order valence-electron chi connectivity index (χ2n) is 9.52. The predicted molar refractivity (Wildman–Crippen MR) is 134 cm³/mol. The van der Waals surface area contributed by atoms with Crippen LogP contribution in [0.5, 0.6) is 0 Å². The van der Waals surface area contributed by atoms with Gasteiger partial charge in [-0.1, -0.05) is 24.3 Å². The van der Waals surface area contributed by atoms with E-state index in [4.69, 9.17) is 4.74 Å². The Morgan fingerprint density at radius 3 is 2.30 bits per heavy atom. The summed E-state index contributed by atoms with van der Waals surface area (Å²) in [4.78, 5) is 26.9. The minimum atomic E-state index is -0.632. The highest BCUT2D eigenvalue weighted by atomic mass is 16.6. The molecule has 0 atom stereocenters. The summed E-state index contributed by atoms with van der Waals surface area (Å²) in [6.45, 7) is 11.5. The molecule has 33 heavy (non-hydrogen) atoms. The highest BCUT2D eigenvalue weighted by Gasteiger charge is 2.28. The van der Waals surface area contributed by atoms with Crippen LogP contribution >= 0.6 is 0 Å². The first-order valence-electron chi connectivity index (χ1n) is 11.6. The van der Waals surface area contributed by atoms with E-state index in [1.165, 1.54) is 18.4 Å². The van der Waals surface area contributed by atoms with Crippen LogP contribution in [0.4, 0.5) is 21.9 Å². The zero-order chi connectivity index (χ0) is 24.0. The fourth-order valence-corrected chi connectivity index (χ4v) is 3.88. The van der Waals surface area contributed by atoms with E-state index in [1.807, 2.05) is 64.1 Å². The predicted octanol–water partition coefficient (Wildman–Crippen LogP) is 5.39. The Kier molecular flexibility index (Phi) is 7.84. The van der Waals surface area contributed by atoms with Crippen LogP contribution in [0.3, 0.4) is 0 Å². The van der Waals surface area contributed by atoms with E-state index in [1.54, 1.807) is 0 Å². The summed E-state index contributed by atoms with van der Waals surface area (Å²) in [5.41, 5.74) is 7.18. The van der Waals surface area contributed by atoms with Gasteiger partial charge in [0.2, 0.25) is 5.91 Å². The number of aryl methyl sites for hydroxylation is 1. The fourth-order valence-electron chi connectivity index (χ4n) is 3.88. The second-order valence-corrected chi connectivity index (χ2v) is 9.52. The average molecular weight is 453 g/mol. The molecule has 0 aliphatic carbocycles. The Morgan fingerprint density at radius 2 is 1.70 bits per heavy atom. The van der Waals surface area contributed by atoms with Gasteiger partial charge >= 0.3 is 6.09 Å². The summed E-state index contributed by atoms with van der Waals surface area (Å²) < 4.78 is 5.77. The van der Waals surface area contributed by atoms with E-state index < -0.39 is 11.7 Å². The maximum Gasteiger partial charge on any atom is 0.434 e. The van der Waals surface area contributed by atoms with Gasteiger partial charge in [0.25, 0.3) is 0 Å². The van der Waals surface area contributed by atoms with E-state index >= 15 is 0 Å². The summed E-state index contributed by atoms with van der Waals surface area (Å²) in [6.07, 6.45) is 3.06. The van der Waals surface area contributed by atoms with Crippen LogP contribution in [0.15, 0.2) is 42.5 Å². The quantitative estimate of drug-likeness (QED) is 0.575. The summed E-state index contributed by atoms with van der Waals surface area (Å²) in [6, 6.07) is 13.8. The number of para-hydroxylation sites is 1. The molecular weight excluding hydrogens is 416 g/mol. The molecule has 1 aliphatic heterocycles. The van der Waals surface area contributed by atoms with Crippen LogP contribution in [0.1, 0.15) is 58.1 Å². The van der Waals surface area contributed by atoms with Gasteiger partial charge in [-0.2, -0.15) is 5.01 Å². The van der Waals surface area contributed by atoms with E-state index in [0.717, 1.165) is 54.1 Å². The lowest BCUT2D eigenvalue weighted by atomic mass is 10.1. The molecule has 2 N–H and O–H groups in total. The van der Waals surface area contributed by atoms with Crippen LogP contribution in [0.25, 0.3) is 0 Å². The normalized spacial score (nSPS) is 13.9. The molecule has 1 fully saturated rings. The third-order valence-corrected chi connectivity index (χ3v) is 5.45. The number of amides is 2. The minimum absolute atomic E-state index is 0.0712. The SMILES string of the molecule is CC(=O)NCc1ccc(NN(C(=O)OC(C)(C)C)c2c(C)cccc2N2CCCCC2)cc1. The average Bonchev–Trinajstić information content (AvgIpc) is 2.76. The Hall–Kier alpha value is -3.22. The Bertz CT molecular complexity index is 960. The van der Waals surface area contributed by atoms with Gasteiger partial charge in [0.05, 0.1) is 17.1 Å². The first-order chi connectivity index (χ1) is 15.6. The zero-order valence-electron chi connectivity index (χ0n) is 20.4. The van der Waals surface area contributed by atoms with Crippen LogP contribution in [-0.2, 0) is 16.1 Å². The fraction of sp³-hybridized carbons (Fsp3) is 0.462. The molecule has 1 heterocycles. The van der Waals surface area contributed by atoms with Crippen molar-refractivity contribution < 1.29 is 14.3 Å². The van der Waals surface area contributed by atoms with Gasteiger partial charge in [0.1, 0.15) is 5.60 Å². The van der Waals surface area contributed by atoms with Crippen molar-refractivity contribution in [3.63, 3.8) is 0 Å². The number of rotatable bonds is 6. The lowest BCUT2D eigenvalue weighted by Gasteiger charge is -2.35. The lowest BCUT2D eigenvalue weighted by molar-refractivity contribution is -0.119. The molecule has 0 saturated carbocycles. The minimum Gasteiger partial charge on any atom is -0.442 e. The lowest BCUT2D eigenvalue weighted by Crippen LogP contribution is -2.42. The van der Waals surface area contributed by atoms with E-state index in [-0.39, 0.29) is 5.91 Å². The third kappa shape index (κ3) is 6.88. The molecule has 7 nitrogen and oxygen atoms in total. The highest BCUT2D eigenvalue weighted by molar-refractivity contribution is 5.96. The van der Waals surface area contributed by atoms with Crippen molar-refractivity contribution in [2.75, 3.05) is 28.4 Å². The van der Waals surface area contributed by atoms with E-state index in [9.17, 15) is 9.59 Å². The van der Waals surface area contributed by atoms with Crippen molar-refractivity contribution in [1.29, 1.82) is 0 Å². The number of benzene rings is 2. The number of ether oxygens (including phenoxy) is 1. The molecule has 2 amide bonds. The molecule has 0 spiro atoms. The van der Waals surface area contributed by atoms with Crippen LogP contribution in [0.2, 0.25) is 0 Å². The second kappa shape index (κ2) is 10.6. The van der Waals surface area contributed by atoms with Crippen molar-refractivity contribution >= 4 is 29.1 Å². The summed E-state index contributed by atoms with van der Waals surface area (Å²) in [7, 11) is 0. The maximum atomic E-state index is 13.4. The van der Waals surface area contributed by atoms with Gasteiger partial charge in [-0.25, -0.2) is 4.79 Å². The number of hydrogen-bond acceptors (Lipinski definition) is 5. The molecule has 0 aromatic heterocycles. The number of carbonyl (C=O) groups is 2. The van der Waals surface area contributed by atoms with E-state index in [0.29, 0.717) is 6.54 Å². The smallest absolute Gasteiger partial charge is 0.434 e. The van der Waals surface area contributed by atoms with Crippen LogP contribution in [-0.4, -0.2) is 30.7 Å². The number of anilines is 3. The van der Waals surface area contributed by atoms with E-state index in [2.05, 4.69) is 21.7 Å². The van der Waals surface area contributed by atoms with Gasteiger partial charge in [-0.05, 0) is 76.3 Å². The van der Waals surface area contributed by atoms with Gasteiger partial charge in [0, 0.05) is 26.6 Å². The first-order valence-corrected chi connectivity index (χ1v) is 11.6. The number of nitrogens with zero attached hydrogens (tertiary/aromatic N) is 2. The molecule has 7 heteroatoms. The number of piperidine rings is 1. The molecule has 0 bridgehead atoms. The molecule has 3 rings (SSSR count). The molecule has 2 aromatic carbocycles. The van der Waals surface area contributed by atoms with Crippen molar-refractivity contribution in [2.45, 2.75) is 66.0 Å². The largest absolute Gasteiger partial charge is 0.442 e. The molecule has 0 radical (unpaired) electrons. The standard InChI is InChI=1S/C26H36N4O3/c1-19-10-9-11-23(29-16-7-6-8-17-29)24(19)30(25(32)33-26(3,4)5)28-22-14-12-21(13-15-22)18-27-20(2)31/h9-15,28H,6-8,16-18H2,1-5H3,(H,27,31). The molecule has 2 aromatic rings. The van der Waals surface area contributed by atoms with Crippen molar-refractivity contribution in [1.82, 2.24) is 5.32 Å². The number of nitrogens with one attached hydrogen (secondary N) is 2. The van der Waals surface area contributed by atoms with Gasteiger partial charge in [-0.3, -0.25) is 10.2 Å². The van der Waals surface area contributed by atoms with Crippen LogP contribution < -0.4 is 20.7 Å². The topological polar surface area (TPSA) is 73.9 Å². The molecule has 1 aliphatic rings. The Balaban J connectivity index is 1.94. The molecular formula is C26H36N4O3. The number of hydrogen-bond donors (Lipinski definition) is 2. The third-order valence-electron chi connectivity index (χ3n) is 5.45. The molecule has 0 unspecified atom stereocenters. The highest BCUT2D eigenvalue weighted by Crippen LogP contribution is 2.35. The van der Waals surface area contributed by atoms with Crippen molar-refractivity contribution in [3.05, 3.63) is 53.6 Å². The van der Waals surface area contributed by atoms with Gasteiger partial charge < -0.3 is 15.0 Å². The number of hydrazine groups is 1. The molecule has 178 valence electrons. The zero-order valence-corrected chi connectivity index (χ0v) is 20.4. The monoisotopic (exact) mass is 452 g/mol. The summed E-state index contributed by atoms with van der Waals surface area (Å²) in [5.74, 6) is -0.0712. The van der Waals surface area contributed by atoms with Crippen LogP contribution in [0, 0.1) is 6.92 Å². The van der Waals surface area contributed by atoms with Crippen molar-refractivity contribution in [2.24, 2.45) is 0 Å². The van der Waals surface area contributed by atoms with Gasteiger partial charge in [0.15, 0.2) is 0 Å². The maximum absolute atomic E-state index is 13.4.